The van der Waals surface area contributed by atoms with Crippen LogP contribution in [0.2, 0.25) is 0 Å². The molecule has 0 amide bonds. The van der Waals surface area contributed by atoms with Crippen molar-refractivity contribution in [3.8, 4) is 0 Å². The van der Waals surface area contributed by atoms with E-state index >= 15 is 0 Å². The number of hydrogen-bond donors (Lipinski definition) is 1. The summed E-state index contributed by atoms with van der Waals surface area (Å²) in [5.41, 5.74) is 0.573. The zero-order chi connectivity index (χ0) is 14.8. The van der Waals surface area contributed by atoms with Crippen LogP contribution in [0.3, 0.4) is 0 Å². The lowest BCUT2D eigenvalue weighted by atomic mass is 9.81. The number of nitrogens with one attached hydrogen (secondary N) is 1. The molecule has 1 N–H and O–H groups in total. The lowest BCUT2D eigenvalue weighted by molar-refractivity contribution is -0.0669. The molecule has 2 heteroatoms. The molecule has 0 aromatic rings. The Morgan fingerprint density at radius 1 is 1.11 bits per heavy atom. The summed E-state index contributed by atoms with van der Waals surface area (Å²) in [5, 5.41) is 3.78. The van der Waals surface area contributed by atoms with Crippen LogP contribution < -0.4 is 5.32 Å². The number of nitrogens with zero attached hydrogens (tertiary/aromatic N) is 1. The molecule has 1 heterocycles. The van der Waals surface area contributed by atoms with Gasteiger partial charge in [-0.05, 0) is 67.2 Å². The number of likely N-dealkylation sites (tertiary alicyclic amines) is 1. The Labute approximate surface area is 121 Å². The van der Waals surface area contributed by atoms with Crippen LogP contribution in [0, 0.1) is 0 Å². The highest BCUT2D eigenvalue weighted by molar-refractivity contribution is 4.99. The molecule has 3 unspecified atom stereocenters. The molecule has 2 nitrogen and oxygen atoms in total. The van der Waals surface area contributed by atoms with Crippen LogP contribution in [0.5, 0.6) is 0 Å². The summed E-state index contributed by atoms with van der Waals surface area (Å²) in [6.45, 7) is 18.6. The lowest BCUT2D eigenvalue weighted by Gasteiger charge is -2.56. The van der Waals surface area contributed by atoms with Gasteiger partial charge in [0.2, 0.25) is 0 Å². The second kappa shape index (κ2) is 6.13. The first-order valence-electron chi connectivity index (χ1n) is 8.17. The largest absolute Gasteiger partial charge is 0.309 e. The molecular weight excluding hydrogens is 232 g/mol. The highest BCUT2D eigenvalue weighted by Gasteiger charge is 2.43. The predicted octanol–water partition coefficient (Wildman–Crippen LogP) is 4.19. The van der Waals surface area contributed by atoms with Crippen molar-refractivity contribution < 1.29 is 0 Å². The summed E-state index contributed by atoms with van der Waals surface area (Å²) < 4.78 is 0. The first kappa shape index (κ1) is 17.0. The van der Waals surface area contributed by atoms with Crippen molar-refractivity contribution in [2.45, 2.75) is 110 Å². The molecule has 0 aliphatic carbocycles. The number of rotatable bonds is 6. The summed E-state index contributed by atoms with van der Waals surface area (Å²) in [4.78, 5) is 2.74. The van der Waals surface area contributed by atoms with E-state index in [0.29, 0.717) is 11.6 Å². The Balaban J connectivity index is 2.53. The van der Waals surface area contributed by atoms with Gasteiger partial charge in [-0.3, -0.25) is 4.90 Å². The third kappa shape index (κ3) is 4.46. The maximum atomic E-state index is 3.78. The van der Waals surface area contributed by atoms with Gasteiger partial charge in [0.15, 0.2) is 0 Å². The first-order valence-corrected chi connectivity index (χ1v) is 8.17. The third-order valence-electron chi connectivity index (χ3n) is 4.72. The van der Waals surface area contributed by atoms with Crippen molar-refractivity contribution >= 4 is 0 Å². The van der Waals surface area contributed by atoms with Gasteiger partial charge in [-0.1, -0.05) is 13.8 Å². The molecule has 0 aromatic carbocycles. The van der Waals surface area contributed by atoms with E-state index in [0.717, 1.165) is 12.1 Å². The smallest absolute Gasteiger partial charge is 0.0133 e. The molecule has 1 saturated heterocycles. The second-order valence-corrected chi connectivity index (χ2v) is 8.05. The molecular formula is C17H36N2. The van der Waals surface area contributed by atoms with Crippen LogP contribution in [0.4, 0.5) is 0 Å². The molecule has 0 saturated carbocycles. The average molecular weight is 268 g/mol. The van der Waals surface area contributed by atoms with Gasteiger partial charge in [-0.25, -0.2) is 0 Å². The topological polar surface area (TPSA) is 15.3 Å². The normalized spacial score (nSPS) is 27.2. The molecule has 0 spiro atoms. The van der Waals surface area contributed by atoms with Crippen molar-refractivity contribution in [2.24, 2.45) is 0 Å². The maximum Gasteiger partial charge on any atom is 0.0133 e. The molecule has 3 atom stereocenters. The Hall–Kier alpha value is -0.0800. The Morgan fingerprint density at radius 3 is 2.11 bits per heavy atom. The van der Waals surface area contributed by atoms with E-state index in [1.165, 1.54) is 25.7 Å². The van der Waals surface area contributed by atoms with Gasteiger partial charge in [0.05, 0.1) is 0 Å². The molecule has 0 radical (unpaired) electrons. The molecule has 1 rings (SSSR count). The average Bonchev–Trinajstić information content (AvgIpc) is 2.20. The van der Waals surface area contributed by atoms with Crippen LogP contribution in [-0.4, -0.2) is 34.1 Å². The van der Waals surface area contributed by atoms with Crippen molar-refractivity contribution in [1.82, 2.24) is 10.2 Å². The van der Waals surface area contributed by atoms with E-state index < -0.39 is 0 Å². The molecule has 0 bridgehead atoms. The van der Waals surface area contributed by atoms with E-state index in [-0.39, 0.29) is 5.54 Å². The summed E-state index contributed by atoms with van der Waals surface area (Å²) >= 11 is 0. The number of hydrogen-bond acceptors (Lipinski definition) is 2. The van der Waals surface area contributed by atoms with Gasteiger partial charge in [-0.2, -0.15) is 0 Å². The van der Waals surface area contributed by atoms with E-state index in [1.54, 1.807) is 0 Å². The SMILES string of the molecule is CCC1CC(CC(C)NC(C)(C)CC)N1C(C)(C)C. The first-order chi connectivity index (χ1) is 8.60. The molecule has 19 heavy (non-hydrogen) atoms. The van der Waals surface area contributed by atoms with E-state index in [1.807, 2.05) is 0 Å². The van der Waals surface area contributed by atoms with Gasteiger partial charge in [0.25, 0.3) is 0 Å². The van der Waals surface area contributed by atoms with Gasteiger partial charge in [0.1, 0.15) is 0 Å². The monoisotopic (exact) mass is 268 g/mol. The van der Waals surface area contributed by atoms with E-state index in [2.05, 4.69) is 65.6 Å². The minimum Gasteiger partial charge on any atom is -0.309 e. The molecule has 1 fully saturated rings. The van der Waals surface area contributed by atoms with Gasteiger partial charge in [-0.15, -0.1) is 0 Å². The van der Waals surface area contributed by atoms with Gasteiger partial charge in [0, 0.05) is 29.2 Å². The Kier molecular flexibility index (Phi) is 5.48. The van der Waals surface area contributed by atoms with Crippen LogP contribution >= 0.6 is 0 Å². The highest BCUT2D eigenvalue weighted by atomic mass is 15.3. The highest BCUT2D eigenvalue weighted by Crippen LogP contribution is 2.37. The van der Waals surface area contributed by atoms with Crippen molar-refractivity contribution in [1.29, 1.82) is 0 Å². The van der Waals surface area contributed by atoms with Crippen molar-refractivity contribution in [3.05, 3.63) is 0 Å². The fourth-order valence-corrected chi connectivity index (χ4v) is 3.61. The minimum atomic E-state index is 0.264. The third-order valence-corrected chi connectivity index (χ3v) is 4.72. The standard InChI is InChI=1S/C17H36N2/c1-9-14-12-15(19(14)16(4,5)6)11-13(3)18-17(7,8)10-2/h13-15,18H,9-12H2,1-8H3. The van der Waals surface area contributed by atoms with Gasteiger partial charge >= 0.3 is 0 Å². The van der Waals surface area contributed by atoms with Crippen LogP contribution in [0.15, 0.2) is 0 Å². The van der Waals surface area contributed by atoms with E-state index in [4.69, 9.17) is 0 Å². The fourth-order valence-electron chi connectivity index (χ4n) is 3.61. The van der Waals surface area contributed by atoms with Crippen LogP contribution in [-0.2, 0) is 0 Å². The predicted molar refractivity (Wildman–Crippen MR) is 85.7 cm³/mol. The quantitative estimate of drug-likeness (QED) is 0.777. The van der Waals surface area contributed by atoms with Gasteiger partial charge < -0.3 is 5.32 Å². The second-order valence-electron chi connectivity index (χ2n) is 8.05. The summed E-state index contributed by atoms with van der Waals surface area (Å²) in [6.07, 6.45) is 5.13. The summed E-state index contributed by atoms with van der Waals surface area (Å²) in [7, 11) is 0. The fraction of sp³-hybridized carbons (Fsp3) is 1.00. The Morgan fingerprint density at radius 2 is 1.68 bits per heavy atom. The van der Waals surface area contributed by atoms with Crippen LogP contribution in [0.1, 0.15) is 81.1 Å². The summed E-state index contributed by atoms with van der Waals surface area (Å²) in [6, 6.07) is 2.17. The van der Waals surface area contributed by atoms with Crippen LogP contribution in [0.25, 0.3) is 0 Å². The molecule has 1 aliphatic rings. The zero-order valence-electron chi connectivity index (χ0n) is 14.5. The van der Waals surface area contributed by atoms with Crippen molar-refractivity contribution in [2.75, 3.05) is 0 Å². The zero-order valence-corrected chi connectivity index (χ0v) is 14.5. The van der Waals surface area contributed by atoms with Crippen molar-refractivity contribution in [3.63, 3.8) is 0 Å². The summed E-state index contributed by atoms with van der Waals surface area (Å²) in [5.74, 6) is 0. The molecule has 0 aromatic heterocycles. The molecule has 114 valence electrons. The Bertz CT molecular complexity index is 277. The maximum absolute atomic E-state index is 3.78. The lowest BCUT2D eigenvalue weighted by Crippen LogP contribution is -2.64. The minimum absolute atomic E-state index is 0.264. The van der Waals surface area contributed by atoms with E-state index in [9.17, 15) is 0 Å². The molecule has 1 aliphatic heterocycles.